The van der Waals surface area contributed by atoms with Gasteiger partial charge in [-0.2, -0.15) is 0 Å². The summed E-state index contributed by atoms with van der Waals surface area (Å²) in [6.45, 7) is 19.4. The Morgan fingerprint density at radius 3 is 2.00 bits per heavy atom. The van der Waals surface area contributed by atoms with Gasteiger partial charge in [-0.1, -0.05) is 54.4 Å². The molecule has 2 aliphatic heterocycles. The van der Waals surface area contributed by atoms with Gasteiger partial charge in [0.2, 0.25) is 0 Å². The van der Waals surface area contributed by atoms with Gasteiger partial charge < -0.3 is 10.2 Å². The summed E-state index contributed by atoms with van der Waals surface area (Å²) < 4.78 is 0. The van der Waals surface area contributed by atoms with Gasteiger partial charge in [-0.15, -0.1) is 0 Å². The molecule has 0 aromatic carbocycles. The molecule has 148 valence electrons. The highest BCUT2D eigenvalue weighted by Crippen LogP contribution is 2.30. The normalized spacial score (nSPS) is 27.6. The van der Waals surface area contributed by atoms with Gasteiger partial charge in [-0.25, -0.2) is 0 Å². The van der Waals surface area contributed by atoms with Crippen molar-refractivity contribution in [3.8, 4) is 0 Å². The van der Waals surface area contributed by atoms with Gasteiger partial charge in [-0.05, 0) is 80.8 Å². The summed E-state index contributed by atoms with van der Waals surface area (Å²) in [5.41, 5.74) is 0.936. The number of nitrogens with one attached hydrogen (secondary N) is 1. The van der Waals surface area contributed by atoms with E-state index in [9.17, 15) is 0 Å². The molecule has 0 aliphatic carbocycles. The van der Waals surface area contributed by atoms with Gasteiger partial charge in [-0.3, -0.25) is 0 Å². The number of nitrogens with zero attached hydrogens (tertiary/aromatic N) is 1. The maximum absolute atomic E-state index is 3.85. The van der Waals surface area contributed by atoms with E-state index in [1.165, 1.54) is 77.5 Å². The second-order valence-electron chi connectivity index (χ2n) is 11.5. The Kier molecular flexibility index (Phi) is 7.83. The Morgan fingerprint density at radius 2 is 1.48 bits per heavy atom. The fourth-order valence-corrected chi connectivity index (χ4v) is 5.02. The minimum absolute atomic E-state index is 0.449. The fraction of sp³-hybridized carbons (Fsp3) is 1.00. The Hall–Kier alpha value is -0.0800. The summed E-state index contributed by atoms with van der Waals surface area (Å²) in [5, 5.41) is 3.85. The van der Waals surface area contributed by atoms with Crippen molar-refractivity contribution in [3.63, 3.8) is 0 Å². The lowest BCUT2D eigenvalue weighted by Gasteiger charge is -2.36. The summed E-state index contributed by atoms with van der Waals surface area (Å²) in [6, 6.07) is 0.803. The molecule has 2 rings (SSSR count). The summed E-state index contributed by atoms with van der Waals surface area (Å²) in [4.78, 5) is 2.69. The van der Waals surface area contributed by atoms with Crippen LogP contribution in [0.15, 0.2) is 0 Å². The molecule has 0 bridgehead atoms. The molecule has 2 heterocycles. The van der Waals surface area contributed by atoms with Gasteiger partial charge in [0.25, 0.3) is 0 Å². The molecule has 0 radical (unpaired) electrons. The highest BCUT2D eigenvalue weighted by atomic mass is 15.1. The third-order valence-corrected chi connectivity index (χ3v) is 6.09. The van der Waals surface area contributed by atoms with Gasteiger partial charge in [0, 0.05) is 12.6 Å². The molecule has 2 nitrogen and oxygen atoms in total. The Balaban J connectivity index is 1.54. The van der Waals surface area contributed by atoms with E-state index >= 15 is 0 Å². The van der Waals surface area contributed by atoms with Gasteiger partial charge in [0.15, 0.2) is 0 Å². The Labute approximate surface area is 158 Å². The maximum atomic E-state index is 3.85. The maximum Gasteiger partial charge on any atom is 0.00672 e. The first-order valence-corrected chi connectivity index (χ1v) is 11.1. The van der Waals surface area contributed by atoms with Gasteiger partial charge in [0.05, 0.1) is 0 Å². The van der Waals surface area contributed by atoms with E-state index < -0.39 is 0 Å². The molecular formula is C23H46N2. The van der Waals surface area contributed by atoms with Crippen molar-refractivity contribution >= 4 is 0 Å². The van der Waals surface area contributed by atoms with Gasteiger partial charge in [0.1, 0.15) is 0 Å². The molecule has 2 unspecified atom stereocenters. The molecule has 2 atom stereocenters. The molecule has 25 heavy (non-hydrogen) atoms. The van der Waals surface area contributed by atoms with Crippen LogP contribution in [0.4, 0.5) is 0 Å². The lowest BCUT2D eigenvalue weighted by molar-refractivity contribution is 0.131. The molecule has 2 fully saturated rings. The standard InChI is InChI=1S/C23H46N2/c1-22(2,3)16-20-10-11-21(24-17-20)9-7-8-19-12-14-25(15-13-19)18-23(4,5)6/h19-21,24H,7-18H2,1-6H3. The first-order chi connectivity index (χ1) is 11.6. The zero-order valence-corrected chi connectivity index (χ0v) is 18.2. The molecule has 2 aliphatic rings. The first-order valence-electron chi connectivity index (χ1n) is 11.1. The predicted molar refractivity (Wildman–Crippen MR) is 111 cm³/mol. The van der Waals surface area contributed by atoms with E-state index in [2.05, 4.69) is 51.8 Å². The van der Waals surface area contributed by atoms with Crippen LogP contribution in [0.3, 0.4) is 0 Å². The zero-order chi connectivity index (χ0) is 18.5. The van der Waals surface area contributed by atoms with Crippen molar-refractivity contribution in [2.24, 2.45) is 22.7 Å². The zero-order valence-electron chi connectivity index (χ0n) is 18.2. The van der Waals surface area contributed by atoms with E-state index in [4.69, 9.17) is 0 Å². The van der Waals surface area contributed by atoms with Crippen LogP contribution < -0.4 is 5.32 Å². The number of hydrogen-bond acceptors (Lipinski definition) is 2. The van der Waals surface area contributed by atoms with Crippen molar-refractivity contribution in [1.82, 2.24) is 10.2 Å². The van der Waals surface area contributed by atoms with Crippen molar-refractivity contribution in [2.45, 2.75) is 99.0 Å². The second-order valence-corrected chi connectivity index (χ2v) is 11.5. The smallest absolute Gasteiger partial charge is 0.00672 e. The number of piperidine rings is 2. The minimum Gasteiger partial charge on any atom is -0.314 e. The molecule has 1 N–H and O–H groups in total. The lowest BCUT2D eigenvalue weighted by atomic mass is 9.80. The minimum atomic E-state index is 0.449. The monoisotopic (exact) mass is 350 g/mol. The summed E-state index contributed by atoms with van der Waals surface area (Å²) in [6.07, 6.45) is 11.4. The number of hydrogen-bond donors (Lipinski definition) is 1. The quantitative estimate of drug-likeness (QED) is 0.659. The third-order valence-electron chi connectivity index (χ3n) is 6.09. The summed E-state index contributed by atoms with van der Waals surface area (Å²) in [7, 11) is 0. The van der Waals surface area contributed by atoms with Crippen molar-refractivity contribution < 1.29 is 0 Å². The largest absolute Gasteiger partial charge is 0.314 e. The van der Waals surface area contributed by atoms with Crippen LogP contribution in [0, 0.1) is 22.7 Å². The molecule has 2 saturated heterocycles. The topological polar surface area (TPSA) is 15.3 Å². The highest BCUT2D eigenvalue weighted by molar-refractivity contribution is 4.82. The number of rotatable bonds is 6. The van der Waals surface area contributed by atoms with Crippen molar-refractivity contribution in [3.05, 3.63) is 0 Å². The van der Waals surface area contributed by atoms with Crippen molar-refractivity contribution in [2.75, 3.05) is 26.2 Å². The average Bonchev–Trinajstić information content (AvgIpc) is 2.48. The second kappa shape index (κ2) is 9.22. The number of likely N-dealkylation sites (tertiary alicyclic amines) is 1. The van der Waals surface area contributed by atoms with Crippen LogP contribution in [0.25, 0.3) is 0 Å². The van der Waals surface area contributed by atoms with Crippen LogP contribution in [0.2, 0.25) is 0 Å². The van der Waals surface area contributed by atoms with E-state index in [1.807, 2.05) is 0 Å². The van der Waals surface area contributed by atoms with Crippen LogP contribution in [0.1, 0.15) is 92.9 Å². The Bertz CT molecular complexity index is 325. The van der Waals surface area contributed by atoms with Crippen LogP contribution in [0.5, 0.6) is 0 Å². The summed E-state index contributed by atoms with van der Waals surface area (Å²) >= 11 is 0. The molecular weight excluding hydrogens is 304 g/mol. The van der Waals surface area contributed by atoms with Gasteiger partial charge >= 0.3 is 0 Å². The fourth-order valence-electron chi connectivity index (χ4n) is 5.02. The summed E-state index contributed by atoms with van der Waals surface area (Å²) in [5.74, 6) is 1.90. The molecule has 2 heteroatoms. The third kappa shape index (κ3) is 8.91. The Morgan fingerprint density at radius 1 is 0.800 bits per heavy atom. The molecule has 0 aromatic rings. The SMILES string of the molecule is CC(C)(C)CC1CCC(CCCC2CCN(CC(C)(C)C)CC2)NC1. The van der Waals surface area contributed by atoms with E-state index in [-0.39, 0.29) is 0 Å². The van der Waals surface area contributed by atoms with E-state index in [0.29, 0.717) is 10.8 Å². The van der Waals surface area contributed by atoms with Crippen LogP contribution in [-0.4, -0.2) is 37.1 Å². The van der Waals surface area contributed by atoms with Crippen molar-refractivity contribution in [1.29, 1.82) is 0 Å². The average molecular weight is 351 g/mol. The molecule has 0 saturated carbocycles. The molecule has 0 aromatic heterocycles. The van der Waals surface area contributed by atoms with Crippen LogP contribution in [-0.2, 0) is 0 Å². The van der Waals surface area contributed by atoms with E-state index in [0.717, 1.165) is 17.9 Å². The van der Waals surface area contributed by atoms with E-state index in [1.54, 1.807) is 0 Å². The predicted octanol–water partition coefficient (Wildman–Crippen LogP) is 5.72. The lowest BCUT2D eigenvalue weighted by Crippen LogP contribution is -2.40. The highest BCUT2D eigenvalue weighted by Gasteiger charge is 2.25. The van der Waals surface area contributed by atoms with Crippen LogP contribution >= 0.6 is 0 Å². The molecule has 0 spiro atoms. The molecule has 0 amide bonds. The first kappa shape index (κ1) is 21.2.